The molecule has 1 aliphatic heterocycles. The zero-order valence-electron chi connectivity index (χ0n) is 14.1. The maximum Gasteiger partial charge on any atom is 0.225 e. The number of halogens is 1. The number of piperidine rings is 1. The predicted octanol–water partition coefficient (Wildman–Crippen LogP) is 2.96. The number of carbonyl (C=O) groups is 2. The van der Waals surface area contributed by atoms with Crippen LogP contribution < -0.4 is 5.32 Å². The summed E-state index contributed by atoms with van der Waals surface area (Å²) >= 11 is 0. The van der Waals surface area contributed by atoms with Crippen molar-refractivity contribution in [3.63, 3.8) is 0 Å². The lowest BCUT2D eigenvalue weighted by atomic mass is 9.96. The monoisotopic (exact) mass is 344 g/mol. The van der Waals surface area contributed by atoms with E-state index in [1.54, 1.807) is 29.2 Å². The first-order valence-corrected chi connectivity index (χ1v) is 8.47. The molecule has 0 spiro atoms. The Labute approximate surface area is 145 Å². The molecule has 0 unspecified atom stereocenters. The normalized spacial score (nSPS) is 17.6. The van der Waals surface area contributed by atoms with E-state index in [1.165, 1.54) is 12.1 Å². The van der Waals surface area contributed by atoms with Gasteiger partial charge < -0.3 is 14.6 Å². The van der Waals surface area contributed by atoms with E-state index in [2.05, 4.69) is 5.32 Å². The van der Waals surface area contributed by atoms with Crippen molar-refractivity contribution in [2.75, 3.05) is 13.1 Å². The highest BCUT2D eigenvalue weighted by atomic mass is 19.1. The minimum atomic E-state index is -0.296. The van der Waals surface area contributed by atoms with Crippen LogP contribution >= 0.6 is 0 Å². The average molecular weight is 344 g/mol. The van der Waals surface area contributed by atoms with Crippen LogP contribution in [0.5, 0.6) is 0 Å². The number of rotatable bonds is 5. The first-order chi connectivity index (χ1) is 12.1. The van der Waals surface area contributed by atoms with Crippen LogP contribution in [0.2, 0.25) is 0 Å². The number of carbonyl (C=O) groups excluding carboxylic acids is 2. The van der Waals surface area contributed by atoms with Gasteiger partial charge in [0.05, 0.1) is 12.5 Å². The van der Waals surface area contributed by atoms with Crippen molar-refractivity contribution >= 4 is 11.8 Å². The molecule has 1 fully saturated rings. The lowest BCUT2D eigenvalue weighted by molar-refractivity contribution is -0.138. The van der Waals surface area contributed by atoms with E-state index in [9.17, 15) is 14.0 Å². The van der Waals surface area contributed by atoms with E-state index in [-0.39, 0.29) is 30.1 Å². The topological polar surface area (TPSA) is 62.6 Å². The fourth-order valence-electron chi connectivity index (χ4n) is 3.00. The van der Waals surface area contributed by atoms with E-state index in [0.717, 1.165) is 5.56 Å². The van der Waals surface area contributed by atoms with Gasteiger partial charge in [-0.25, -0.2) is 4.39 Å². The molecule has 132 valence electrons. The molecule has 5 nitrogen and oxygen atoms in total. The molecule has 1 atom stereocenters. The Kier molecular flexibility index (Phi) is 5.16. The Balaban J connectivity index is 1.56. The number of likely N-dealkylation sites (tertiary alicyclic amines) is 1. The van der Waals surface area contributed by atoms with E-state index in [1.807, 2.05) is 6.92 Å². The van der Waals surface area contributed by atoms with Crippen LogP contribution in [0.1, 0.15) is 25.5 Å². The molecule has 1 aromatic heterocycles. The van der Waals surface area contributed by atoms with Crippen molar-refractivity contribution in [2.24, 2.45) is 5.92 Å². The quantitative estimate of drug-likeness (QED) is 0.907. The van der Waals surface area contributed by atoms with Crippen molar-refractivity contribution in [3.05, 3.63) is 48.0 Å². The third-order valence-corrected chi connectivity index (χ3v) is 4.48. The Morgan fingerprint density at radius 1 is 1.28 bits per heavy atom. The summed E-state index contributed by atoms with van der Waals surface area (Å²) in [6, 6.07) is 9.64. The molecule has 1 aromatic carbocycles. The minimum absolute atomic E-state index is 0.0642. The Bertz CT molecular complexity index is 754. The molecule has 2 aromatic rings. The Hall–Kier alpha value is -2.63. The summed E-state index contributed by atoms with van der Waals surface area (Å²) in [5, 5.41) is 2.87. The van der Waals surface area contributed by atoms with Gasteiger partial charge in [-0.3, -0.25) is 9.59 Å². The summed E-state index contributed by atoms with van der Waals surface area (Å²) in [6.07, 6.45) is 1.00. The van der Waals surface area contributed by atoms with E-state index >= 15 is 0 Å². The molecular formula is C19H21FN2O3. The van der Waals surface area contributed by atoms with Crippen LogP contribution in [0.15, 0.2) is 40.8 Å². The van der Waals surface area contributed by atoms with Gasteiger partial charge in [-0.15, -0.1) is 0 Å². The SMILES string of the molecule is CCN1C[C@@H](C(=O)NCc2ccc(-c3ccc(F)cc3)o2)CCC1=O. The summed E-state index contributed by atoms with van der Waals surface area (Å²) in [5.41, 5.74) is 0.781. The van der Waals surface area contributed by atoms with Crippen molar-refractivity contribution < 1.29 is 18.4 Å². The fourth-order valence-corrected chi connectivity index (χ4v) is 3.00. The molecule has 25 heavy (non-hydrogen) atoms. The van der Waals surface area contributed by atoms with Gasteiger partial charge in [0, 0.05) is 25.1 Å². The number of nitrogens with one attached hydrogen (secondary N) is 1. The molecule has 3 rings (SSSR count). The molecule has 0 aliphatic carbocycles. The highest BCUT2D eigenvalue weighted by Crippen LogP contribution is 2.23. The number of hydrogen-bond acceptors (Lipinski definition) is 3. The number of furan rings is 1. The number of nitrogens with zero attached hydrogens (tertiary/aromatic N) is 1. The van der Waals surface area contributed by atoms with Crippen LogP contribution in [-0.4, -0.2) is 29.8 Å². The van der Waals surface area contributed by atoms with Crippen molar-refractivity contribution in [2.45, 2.75) is 26.3 Å². The number of hydrogen-bond donors (Lipinski definition) is 1. The van der Waals surface area contributed by atoms with Crippen LogP contribution in [0.4, 0.5) is 4.39 Å². The van der Waals surface area contributed by atoms with Crippen molar-refractivity contribution in [1.29, 1.82) is 0 Å². The number of benzene rings is 1. The van der Waals surface area contributed by atoms with Gasteiger partial charge in [0.25, 0.3) is 0 Å². The van der Waals surface area contributed by atoms with Gasteiger partial charge >= 0.3 is 0 Å². The summed E-state index contributed by atoms with van der Waals surface area (Å²) in [4.78, 5) is 25.7. The van der Waals surface area contributed by atoms with Gasteiger partial charge in [-0.2, -0.15) is 0 Å². The van der Waals surface area contributed by atoms with E-state index < -0.39 is 0 Å². The molecular weight excluding hydrogens is 323 g/mol. The smallest absolute Gasteiger partial charge is 0.225 e. The largest absolute Gasteiger partial charge is 0.459 e. The van der Waals surface area contributed by atoms with Gasteiger partial charge in [0.2, 0.25) is 11.8 Å². The molecule has 0 bridgehead atoms. The Morgan fingerprint density at radius 3 is 2.76 bits per heavy atom. The highest BCUT2D eigenvalue weighted by molar-refractivity contribution is 5.83. The fraction of sp³-hybridized carbons (Fsp3) is 0.368. The van der Waals surface area contributed by atoms with Crippen LogP contribution in [0.25, 0.3) is 11.3 Å². The second-order valence-corrected chi connectivity index (χ2v) is 6.16. The van der Waals surface area contributed by atoms with Gasteiger partial charge in [-0.1, -0.05) is 0 Å². The lowest BCUT2D eigenvalue weighted by Crippen LogP contribution is -2.45. The van der Waals surface area contributed by atoms with Gasteiger partial charge in [0.1, 0.15) is 17.3 Å². The minimum Gasteiger partial charge on any atom is -0.459 e. The summed E-state index contributed by atoms with van der Waals surface area (Å²) in [7, 11) is 0. The van der Waals surface area contributed by atoms with Crippen molar-refractivity contribution in [1.82, 2.24) is 10.2 Å². The molecule has 6 heteroatoms. The lowest BCUT2D eigenvalue weighted by Gasteiger charge is -2.30. The second kappa shape index (κ2) is 7.51. The first kappa shape index (κ1) is 17.2. The molecule has 2 amide bonds. The van der Waals surface area contributed by atoms with Crippen LogP contribution in [-0.2, 0) is 16.1 Å². The first-order valence-electron chi connectivity index (χ1n) is 8.47. The number of amides is 2. The third kappa shape index (κ3) is 4.07. The molecule has 1 saturated heterocycles. The highest BCUT2D eigenvalue weighted by Gasteiger charge is 2.29. The molecule has 1 aliphatic rings. The second-order valence-electron chi connectivity index (χ2n) is 6.16. The predicted molar refractivity (Wildman–Crippen MR) is 90.9 cm³/mol. The standard InChI is InChI=1S/C19H21FN2O3/c1-2-22-12-14(5-10-18(22)23)19(24)21-11-16-8-9-17(25-16)13-3-6-15(20)7-4-13/h3-4,6-9,14H,2,5,10-12H2,1H3,(H,21,24)/t14-/m0/s1. The summed E-state index contributed by atoms with van der Waals surface area (Å²) in [6.45, 7) is 3.30. The van der Waals surface area contributed by atoms with Crippen LogP contribution in [0, 0.1) is 11.7 Å². The molecule has 1 N–H and O–H groups in total. The molecule has 0 saturated carbocycles. The van der Waals surface area contributed by atoms with Crippen molar-refractivity contribution in [3.8, 4) is 11.3 Å². The summed E-state index contributed by atoms with van der Waals surface area (Å²) in [5.74, 6) is 0.836. The van der Waals surface area contributed by atoms with E-state index in [0.29, 0.717) is 37.5 Å². The van der Waals surface area contributed by atoms with Crippen LogP contribution in [0.3, 0.4) is 0 Å². The summed E-state index contributed by atoms with van der Waals surface area (Å²) < 4.78 is 18.7. The van der Waals surface area contributed by atoms with E-state index in [4.69, 9.17) is 4.42 Å². The maximum atomic E-state index is 13.0. The Morgan fingerprint density at radius 2 is 2.04 bits per heavy atom. The van der Waals surface area contributed by atoms with Gasteiger partial charge in [-0.05, 0) is 49.7 Å². The maximum absolute atomic E-state index is 13.0. The zero-order valence-corrected chi connectivity index (χ0v) is 14.1. The van der Waals surface area contributed by atoms with Gasteiger partial charge in [0.15, 0.2) is 0 Å². The average Bonchev–Trinajstić information content (AvgIpc) is 3.09. The molecule has 2 heterocycles. The zero-order chi connectivity index (χ0) is 17.8. The molecule has 0 radical (unpaired) electrons. The third-order valence-electron chi connectivity index (χ3n) is 4.48.